The average Bonchev–Trinajstić information content (AvgIpc) is 3.21. The first-order valence-corrected chi connectivity index (χ1v) is 12.4. The molecule has 0 aromatic heterocycles. The lowest BCUT2D eigenvalue weighted by Crippen LogP contribution is -2.60. The zero-order valence-electron chi connectivity index (χ0n) is 21.0. The van der Waals surface area contributed by atoms with Crippen LogP contribution in [0.2, 0.25) is 0 Å². The largest absolute Gasteiger partial charge is 0.354 e. The highest BCUT2D eigenvalue weighted by Gasteiger charge is 2.54. The monoisotopic (exact) mass is 477 g/mol. The highest BCUT2D eigenvalue weighted by atomic mass is 16.5. The average molecular weight is 478 g/mol. The van der Waals surface area contributed by atoms with E-state index in [-0.39, 0.29) is 24.3 Å². The van der Waals surface area contributed by atoms with Gasteiger partial charge in [-0.25, -0.2) is 0 Å². The number of benzene rings is 2. The van der Waals surface area contributed by atoms with Gasteiger partial charge in [0.2, 0.25) is 5.91 Å². The number of carbonyl (C=O) groups is 3. The molecule has 0 bridgehead atoms. The van der Waals surface area contributed by atoms with Crippen LogP contribution in [0, 0.1) is 19.8 Å². The van der Waals surface area contributed by atoms with Crippen LogP contribution in [-0.2, 0) is 9.53 Å². The maximum Gasteiger partial charge on any atom is 0.256 e. The number of rotatable bonds is 5. The first kappa shape index (κ1) is 24.9. The molecule has 1 atom stereocenters. The van der Waals surface area contributed by atoms with Crippen molar-refractivity contribution >= 4 is 17.7 Å². The molecular formula is C28H35N3O4. The fraction of sp³-hybridized carbons (Fsp3) is 0.464. The second kappa shape index (κ2) is 10.2. The number of aryl methyl sites for hydroxylation is 2. The van der Waals surface area contributed by atoms with Crippen LogP contribution >= 0.6 is 0 Å². The van der Waals surface area contributed by atoms with E-state index in [0.29, 0.717) is 49.5 Å². The number of nitrogens with zero attached hydrogens (tertiary/aromatic N) is 2. The van der Waals surface area contributed by atoms with Crippen molar-refractivity contribution in [2.45, 2.75) is 52.3 Å². The van der Waals surface area contributed by atoms with Crippen LogP contribution in [-0.4, -0.2) is 65.5 Å². The first-order chi connectivity index (χ1) is 16.7. The van der Waals surface area contributed by atoms with Crippen LogP contribution in [0.4, 0.5) is 0 Å². The number of piperidine rings is 1. The molecule has 2 aliphatic heterocycles. The lowest BCUT2D eigenvalue weighted by Gasteiger charge is -2.44. The van der Waals surface area contributed by atoms with Crippen LogP contribution in [0.15, 0.2) is 48.5 Å². The number of amides is 3. The van der Waals surface area contributed by atoms with Gasteiger partial charge < -0.3 is 15.0 Å². The number of ether oxygens (including phenoxy) is 1. The van der Waals surface area contributed by atoms with Crippen molar-refractivity contribution in [3.63, 3.8) is 0 Å². The van der Waals surface area contributed by atoms with Gasteiger partial charge in [-0.15, -0.1) is 0 Å². The van der Waals surface area contributed by atoms with Crippen LogP contribution in [0.25, 0.3) is 0 Å². The summed E-state index contributed by atoms with van der Waals surface area (Å²) in [5.74, 6) is -0.129. The molecule has 0 saturated carbocycles. The van der Waals surface area contributed by atoms with Gasteiger partial charge in [0.25, 0.3) is 11.8 Å². The van der Waals surface area contributed by atoms with Gasteiger partial charge in [-0.2, -0.15) is 0 Å². The zero-order chi connectivity index (χ0) is 25.2. The molecule has 3 amide bonds. The number of carbonyl (C=O) groups excluding carboxylic acids is 3. The minimum atomic E-state index is -0.914. The van der Waals surface area contributed by atoms with Crippen LogP contribution in [0.1, 0.15) is 58.5 Å². The molecule has 0 radical (unpaired) electrons. The number of nitrogens with one attached hydrogen (secondary N) is 1. The fourth-order valence-electron chi connectivity index (χ4n) is 4.95. The lowest BCUT2D eigenvalue weighted by atomic mass is 9.95. The Labute approximate surface area is 207 Å². The standard InChI is InChI=1S/C28H35N3O4/c1-19(2)17-29-25(32)24-18-35-28(31(24)26(33)22-10-7-8-20(3)16-22)12-14-30(15-13-28)27(34)23-11-6-5-9-21(23)4/h5-11,16,19,24H,12-15,17-18H2,1-4H3,(H,29,32)/t24-/m1/s1. The molecule has 4 rings (SSSR count). The van der Waals surface area contributed by atoms with Crippen molar-refractivity contribution in [1.82, 2.24) is 15.1 Å². The molecule has 2 aliphatic rings. The van der Waals surface area contributed by atoms with E-state index in [1.807, 2.05) is 75.1 Å². The molecule has 2 heterocycles. The Morgan fingerprint density at radius 3 is 2.40 bits per heavy atom. The third kappa shape index (κ3) is 5.10. The normalized spacial score (nSPS) is 19.3. The molecule has 2 aromatic rings. The Kier molecular flexibility index (Phi) is 7.26. The molecule has 35 heavy (non-hydrogen) atoms. The predicted octanol–water partition coefficient (Wildman–Crippen LogP) is 3.55. The van der Waals surface area contributed by atoms with E-state index in [1.165, 1.54) is 0 Å². The van der Waals surface area contributed by atoms with E-state index < -0.39 is 11.8 Å². The minimum absolute atomic E-state index is 0.0151. The summed E-state index contributed by atoms with van der Waals surface area (Å²) in [5.41, 5.74) is 2.23. The Hall–Kier alpha value is -3.19. The topological polar surface area (TPSA) is 79.0 Å². The second-order valence-electron chi connectivity index (χ2n) is 10.1. The van der Waals surface area contributed by atoms with Crippen LogP contribution in [0.5, 0.6) is 0 Å². The van der Waals surface area contributed by atoms with E-state index >= 15 is 0 Å². The van der Waals surface area contributed by atoms with Gasteiger partial charge in [-0.1, -0.05) is 49.7 Å². The molecule has 1 spiro atoms. The van der Waals surface area contributed by atoms with Gasteiger partial charge in [-0.3, -0.25) is 19.3 Å². The Bertz CT molecular complexity index is 1100. The van der Waals surface area contributed by atoms with Gasteiger partial charge in [0.15, 0.2) is 0 Å². The Morgan fingerprint density at radius 1 is 1.03 bits per heavy atom. The Balaban J connectivity index is 1.58. The van der Waals surface area contributed by atoms with Crippen molar-refractivity contribution in [3.05, 3.63) is 70.8 Å². The van der Waals surface area contributed by atoms with Gasteiger partial charge >= 0.3 is 0 Å². The maximum absolute atomic E-state index is 13.8. The lowest BCUT2D eigenvalue weighted by molar-refractivity contribution is -0.128. The van der Waals surface area contributed by atoms with Crippen molar-refractivity contribution in [2.24, 2.45) is 5.92 Å². The van der Waals surface area contributed by atoms with E-state index in [2.05, 4.69) is 5.32 Å². The third-order valence-electron chi connectivity index (χ3n) is 6.94. The highest BCUT2D eigenvalue weighted by Crippen LogP contribution is 2.39. The van der Waals surface area contributed by atoms with Gasteiger partial charge in [-0.05, 0) is 43.5 Å². The molecule has 0 aliphatic carbocycles. The van der Waals surface area contributed by atoms with Crippen LogP contribution < -0.4 is 5.32 Å². The predicted molar refractivity (Wildman–Crippen MR) is 134 cm³/mol. The molecule has 2 saturated heterocycles. The van der Waals surface area contributed by atoms with E-state index in [1.54, 1.807) is 11.0 Å². The summed E-state index contributed by atoms with van der Waals surface area (Å²) >= 11 is 0. The summed E-state index contributed by atoms with van der Waals surface area (Å²) < 4.78 is 6.27. The SMILES string of the molecule is Cc1cccc(C(=O)N2[C@@H](C(=O)NCC(C)C)COC23CCN(C(=O)c2ccccc2C)CC3)c1. The summed E-state index contributed by atoms with van der Waals surface area (Å²) in [6, 6.07) is 14.3. The molecule has 1 N–H and O–H groups in total. The second-order valence-corrected chi connectivity index (χ2v) is 10.1. The number of hydrogen-bond donors (Lipinski definition) is 1. The third-order valence-corrected chi connectivity index (χ3v) is 6.94. The van der Waals surface area contributed by atoms with E-state index in [4.69, 9.17) is 4.74 Å². The molecule has 0 unspecified atom stereocenters. The summed E-state index contributed by atoms with van der Waals surface area (Å²) in [5, 5.41) is 2.97. The molecule has 2 fully saturated rings. The maximum atomic E-state index is 13.8. The summed E-state index contributed by atoms with van der Waals surface area (Å²) in [7, 11) is 0. The summed E-state index contributed by atoms with van der Waals surface area (Å²) in [6.45, 7) is 9.52. The van der Waals surface area contributed by atoms with E-state index in [9.17, 15) is 14.4 Å². The quantitative estimate of drug-likeness (QED) is 0.714. The summed E-state index contributed by atoms with van der Waals surface area (Å²) in [6.07, 6.45) is 0.909. The molecule has 7 heteroatoms. The molecule has 2 aromatic carbocycles. The van der Waals surface area contributed by atoms with Crippen LogP contribution in [0.3, 0.4) is 0 Å². The molecule has 186 valence electrons. The minimum Gasteiger partial charge on any atom is -0.354 e. The van der Waals surface area contributed by atoms with Crippen molar-refractivity contribution in [1.29, 1.82) is 0 Å². The van der Waals surface area contributed by atoms with E-state index in [0.717, 1.165) is 11.1 Å². The van der Waals surface area contributed by atoms with Gasteiger partial charge in [0, 0.05) is 43.6 Å². The summed E-state index contributed by atoms with van der Waals surface area (Å²) in [4.78, 5) is 43.6. The Morgan fingerprint density at radius 2 is 1.74 bits per heavy atom. The van der Waals surface area contributed by atoms with Gasteiger partial charge in [0.1, 0.15) is 11.8 Å². The van der Waals surface area contributed by atoms with Crippen molar-refractivity contribution < 1.29 is 19.1 Å². The zero-order valence-corrected chi connectivity index (χ0v) is 21.0. The molecular weight excluding hydrogens is 442 g/mol. The van der Waals surface area contributed by atoms with Crippen molar-refractivity contribution in [2.75, 3.05) is 26.2 Å². The first-order valence-electron chi connectivity index (χ1n) is 12.4. The number of hydrogen-bond acceptors (Lipinski definition) is 4. The van der Waals surface area contributed by atoms with Crippen molar-refractivity contribution in [3.8, 4) is 0 Å². The number of likely N-dealkylation sites (tertiary alicyclic amines) is 1. The smallest absolute Gasteiger partial charge is 0.256 e. The molecule has 7 nitrogen and oxygen atoms in total. The highest BCUT2D eigenvalue weighted by molar-refractivity contribution is 5.99. The van der Waals surface area contributed by atoms with Gasteiger partial charge in [0.05, 0.1) is 6.61 Å². The fourth-order valence-corrected chi connectivity index (χ4v) is 4.95.